The van der Waals surface area contributed by atoms with Gasteiger partial charge in [-0.05, 0) is 36.5 Å². The van der Waals surface area contributed by atoms with E-state index >= 15 is 0 Å². The highest BCUT2D eigenvalue weighted by Gasteiger charge is 2.40. The average molecular weight is 306 g/mol. The van der Waals surface area contributed by atoms with E-state index in [1.165, 1.54) is 11.1 Å². The van der Waals surface area contributed by atoms with E-state index in [0.717, 1.165) is 44.5 Å². The van der Waals surface area contributed by atoms with Crippen LogP contribution in [0.25, 0.3) is 0 Å². The van der Waals surface area contributed by atoms with E-state index in [1.54, 1.807) is 0 Å². The number of aryl methyl sites for hydroxylation is 1. The molecule has 0 radical (unpaired) electrons. The van der Waals surface area contributed by atoms with Crippen LogP contribution in [0.1, 0.15) is 34.3 Å². The highest BCUT2D eigenvalue weighted by molar-refractivity contribution is 5.96. The van der Waals surface area contributed by atoms with E-state index in [-0.39, 0.29) is 11.4 Å². The molecule has 1 fully saturated rings. The van der Waals surface area contributed by atoms with Crippen LogP contribution in [0, 0.1) is 0 Å². The number of carbonyl (C=O) groups excluding carboxylic acids is 1. The van der Waals surface area contributed by atoms with Crippen molar-refractivity contribution in [1.29, 1.82) is 0 Å². The van der Waals surface area contributed by atoms with Gasteiger partial charge in [0.2, 0.25) is 0 Å². The molecule has 0 unspecified atom stereocenters. The topological polar surface area (TPSA) is 32.3 Å². The van der Waals surface area contributed by atoms with Gasteiger partial charge in [0.1, 0.15) is 0 Å². The molecule has 3 heteroatoms. The van der Waals surface area contributed by atoms with Crippen LogP contribution in [-0.2, 0) is 13.0 Å². The third-order valence-electron chi connectivity index (χ3n) is 5.20. The first kappa shape index (κ1) is 14.5. The minimum Gasteiger partial charge on any atom is -0.345 e. The van der Waals surface area contributed by atoms with Crippen LogP contribution >= 0.6 is 0 Å². The number of hydrogen-bond donors (Lipinski definition) is 1. The van der Waals surface area contributed by atoms with Gasteiger partial charge in [-0.3, -0.25) is 9.69 Å². The molecule has 1 spiro atoms. The SMILES string of the molecule is O=C1N[C@]2(CCc3ccccc31)CCN(Cc1ccccc1)C2. The summed E-state index contributed by atoms with van der Waals surface area (Å²) in [4.78, 5) is 15.1. The smallest absolute Gasteiger partial charge is 0.252 e. The number of fused-ring (bicyclic) bond motifs is 1. The van der Waals surface area contributed by atoms with Gasteiger partial charge in [0, 0.05) is 25.2 Å². The molecule has 2 aliphatic heterocycles. The van der Waals surface area contributed by atoms with Crippen LogP contribution in [0.4, 0.5) is 0 Å². The summed E-state index contributed by atoms with van der Waals surface area (Å²) >= 11 is 0. The first-order valence-electron chi connectivity index (χ1n) is 8.41. The summed E-state index contributed by atoms with van der Waals surface area (Å²) in [5.74, 6) is 0.0969. The van der Waals surface area contributed by atoms with Crippen molar-refractivity contribution in [3.63, 3.8) is 0 Å². The van der Waals surface area contributed by atoms with Gasteiger partial charge in [-0.15, -0.1) is 0 Å². The van der Waals surface area contributed by atoms with Crippen LogP contribution in [0.15, 0.2) is 54.6 Å². The summed E-state index contributed by atoms with van der Waals surface area (Å²) in [6.45, 7) is 2.96. The number of carbonyl (C=O) groups is 1. The highest BCUT2D eigenvalue weighted by Crippen LogP contribution is 2.31. The lowest BCUT2D eigenvalue weighted by Crippen LogP contribution is -2.49. The van der Waals surface area contributed by atoms with Crippen LogP contribution in [0.3, 0.4) is 0 Å². The molecule has 1 atom stereocenters. The van der Waals surface area contributed by atoms with Crippen molar-refractivity contribution < 1.29 is 4.79 Å². The molecule has 23 heavy (non-hydrogen) atoms. The number of benzene rings is 2. The van der Waals surface area contributed by atoms with Crippen molar-refractivity contribution in [3.8, 4) is 0 Å². The maximum atomic E-state index is 12.6. The maximum absolute atomic E-state index is 12.6. The second-order valence-electron chi connectivity index (χ2n) is 6.84. The number of hydrogen-bond acceptors (Lipinski definition) is 2. The third kappa shape index (κ3) is 2.89. The molecule has 2 aliphatic rings. The molecule has 1 N–H and O–H groups in total. The van der Waals surface area contributed by atoms with Crippen molar-refractivity contribution in [2.45, 2.75) is 31.3 Å². The molecule has 0 aromatic heterocycles. The Kier molecular flexibility index (Phi) is 3.66. The number of nitrogens with zero attached hydrogens (tertiary/aromatic N) is 1. The van der Waals surface area contributed by atoms with Gasteiger partial charge < -0.3 is 5.32 Å². The summed E-state index contributed by atoms with van der Waals surface area (Å²) < 4.78 is 0. The van der Waals surface area contributed by atoms with Gasteiger partial charge in [-0.25, -0.2) is 0 Å². The maximum Gasteiger partial charge on any atom is 0.252 e. The van der Waals surface area contributed by atoms with E-state index < -0.39 is 0 Å². The average Bonchev–Trinajstić information content (AvgIpc) is 2.90. The van der Waals surface area contributed by atoms with Crippen LogP contribution in [0.5, 0.6) is 0 Å². The van der Waals surface area contributed by atoms with E-state index in [9.17, 15) is 4.79 Å². The molecule has 3 nitrogen and oxygen atoms in total. The predicted molar refractivity (Wildman–Crippen MR) is 91.3 cm³/mol. The van der Waals surface area contributed by atoms with Gasteiger partial charge in [-0.2, -0.15) is 0 Å². The lowest BCUT2D eigenvalue weighted by Gasteiger charge is -2.29. The van der Waals surface area contributed by atoms with Gasteiger partial charge in [0.25, 0.3) is 5.91 Å². The van der Waals surface area contributed by atoms with Crippen LogP contribution < -0.4 is 5.32 Å². The Morgan fingerprint density at radius 2 is 1.78 bits per heavy atom. The molecule has 0 bridgehead atoms. The normalized spacial score (nSPS) is 24.3. The molecule has 0 aliphatic carbocycles. The van der Waals surface area contributed by atoms with Gasteiger partial charge in [-0.1, -0.05) is 48.5 Å². The summed E-state index contributed by atoms with van der Waals surface area (Å²) in [6, 6.07) is 18.6. The monoisotopic (exact) mass is 306 g/mol. The van der Waals surface area contributed by atoms with Crippen molar-refractivity contribution in [1.82, 2.24) is 10.2 Å². The van der Waals surface area contributed by atoms with E-state index in [2.05, 4.69) is 46.6 Å². The standard InChI is InChI=1S/C20H22N2O/c23-19-18-9-5-4-8-17(18)10-11-20(21-19)12-13-22(15-20)14-16-6-2-1-3-7-16/h1-9H,10-15H2,(H,21,23)/t20-/m1/s1. The van der Waals surface area contributed by atoms with Crippen molar-refractivity contribution in [2.75, 3.05) is 13.1 Å². The van der Waals surface area contributed by atoms with Gasteiger partial charge in [0.05, 0.1) is 5.54 Å². The van der Waals surface area contributed by atoms with Crippen molar-refractivity contribution in [3.05, 3.63) is 71.3 Å². The number of rotatable bonds is 2. The lowest BCUT2D eigenvalue weighted by atomic mass is 9.91. The molecular weight excluding hydrogens is 284 g/mol. The molecule has 2 heterocycles. The molecule has 118 valence electrons. The van der Waals surface area contributed by atoms with E-state index in [1.807, 2.05) is 18.2 Å². The zero-order chi connectivity index (χ0) is 15.7. The Bertz CT molecular complexity index is 713. The Balaban J connectivity index is 1.49. The summed E-state index contributed by atoms with van der Waals surface area (Å²) in [5, 5.41) is 3.35. The zero-order valence-electron chi connectivity index (χ0n) is 13.3. The molecule has 2 aromatic carbocycles. The first-order chi connectivity index (χ1) is 11.2. The molecule has 1 amide bonds. The molecule has 1 saturated heterocycles. The minimum atomic E-state index is -0.0646. The summed E-state index contributed by atoms with van der Waals surface area (Å²) in [6.07, 6.45) is 3.05. The van der Waals surface area contributed by atoms with Crippen molar-refractivity contribution >= 4 is 5.91 Å². The molecule has 2 aromatic rings. The quantitative estimate of drug-likeness (QED) is 0.925. The largest absolute Gasteiger partial charge is 0.345 e. The number of amides is 1. The molecule has 0 saturated carbocycles. The second kappa shape index (κ2) is 5.82. The van der Waals surface area contributed by atoms with Gasteiger partial charge in [0.15, 0.2) is 0 Å². The Labute approximate surface area is 137 Å². The lowest BCUT2D eigenvalue weighted by molar-refractivity contribution is 0.0902. The number of likely N-dealkylation sites (tertiary alicyclic amines) is 1. The number of nitrogens with one attached hydrogen (secondary N) is 1. The second-order valence-corrected chi connectivity index (χ2v) is 6.84. The van der Waals surface area contributed by atoms with E-state index in [0.29, 0.717) is 0 Å². The predicted octanol–water partition coefficient (Wildman–Crippen LogP) is 3.01. The minimum absolute atomic E-state index is 0.0646. The molecular formula is C20H22N2O. The highest BCUT2D eigenvalue weighted by atomic mass is 16.1. The van der Waals surface area contributed by atoms with Crippen LogP contribution in [0.2, 0.25) is 0 Å². The zero-order valence-corrected chi connectivity index (χ0v) is 13.3. The Hall–Kier alpha value is -2.13. The van der Waals surface area contributed by atoms with Gasteiger partial charge >= 0.3 is 0 Å². The van der Waals surface area contributed by atoms with Crippen LogP contribution in [-0.4, -0.2) is 29.4 Å². The fourth-order valence-corrected chi connectivity index (χ4v) is 3.95. The third-order valence-corrected chi connectivity index (χ3v) is 5.20. The summed E-state index contributed by atoms with van der Waals surface area (Å²) in [7, 11) is 0. The van der Waals surface area contributed by atoms with Crippen molar-refractivity contribution in [2.24, 2.45) is 0 Å². The first-order valence-corrected chi connectivity index (χ1v) is 8.41. The Morgan fingerprint density at radius 3 is 2.65 bits per heavy atom. The Morgan fingerprint density at radius 1 is 1.00 bits per heavy atom. The molecule has 4 rings (SSSR count). The van der Waals surface area contributed by atoms with E-state index in [4.69, 9.17) is 0 Å². The fraction of sp³-hybridized carbons (Fsp3) is 0.350. The summed E-state index contributed by atoms with van der Waals surface area (Å²) in [5.41, 5.74) is 3.31. The fourth-order valence-electron chi connectivity index (χ4n) is 3.95.